The summed E-state index contributed by atoms with van der Waals surface area (Å²) >= 11 is 0. The predicted octanol–water partition coefficient (Wildman–Crippen LogP) is 3.70. The number of rotatable bonds is 11. The van der Waals surface area contributed by atoms with Gasteiger partial charge in [-0.3, -0.25) is 0 Å². The van der Waals surface area contributed by atoms with E-state index >= 15 is 0 Å². The maximum absolute atomic E-state index is 5.76. The van der Waals surface area contributed by atoms with Crippen molar-refractivity contribution in [2.24, 2.45) is 4.99 Å². The molecule has 7 heteroatoms. The van der Waals surface area contributed by atoms with E-state index in [0.717, 1.165) is 30.0 Å². The maximum Gasteiger partial charge on any atom is 0.196 e. The topological polar surface area (TPSA) is 73.3 Å². The van der Waals surface area contributed by atoms with Crippen molar-refractivity contribution in [1.29, 1.82) is 0 Å². The van der Waals surface area contributed by atoms with Crippen molar-refractivity contribution in [3.05, 3.63) is 48.0 Å². The molecule has 0 radical (unpaired) electrons. The summed E-state index contributed by atoms with van der Waals surface area (Å²) in [5.74, 6) is 2.89. The fourth-order valence-electron chi connectivity index (χ4n) is 2.65. The van der Waals surface area contributed by atoms with E-state index in [2.05, 4.69) is 15.6 Å². The van der Waals surface area contributed by atoms with Crippen LogP contribution < -0.4 is 24.8 Å². The molecule has 0 unspecified atom stereocenters. The monoisotopic (exact) mass is 401 g/mol. The van der Waals surface area contributed by atoms with E-state index in [1.54, 1.807) is 21.3 Å². The van der Waals surface area contributed by atoms with E-state index < -0.39 is 0 Å². The van der Waals surface area contributed by atoms with Gasteiger partial charge in [0.15, 0.2) is 17.5 Å². The van der Waals surface area contributed by atoms with Gasteiger partial charge in [0.1, 0.15) is 5.75 Å². The third-order valence-electron chi connectivity index (χ3n) is 4.07. The second kappa shape index (κ2) is 12.5. The lowest BCUT2D eigenvalue weighted by Crippen LogP contribution is -2.30. The number of benzene rings is 2. The number of aliphatic imine (C=N–C) groups is 1. The number of ether oxygens (including phenoxy) is 4. The van der Waals surface area contributed by atoms with E-state index in [-0.39, 0.29) is 0 Å². The molecule has 0 atom stereocenters. The van der Waals surface area contributed by atoms with Crippen LogP contribution in [0.15, 0.2) is 47.5 Å². The van der Waals surface area contributed by atoms with Gasteiger partial charge in [0, 0.05) is 38.4 Å². The SMILES string of the molecule is CCNC(=NCc1ccc(OC)c(OC)c1)Nc1cccc(OCCCOC)c1. The van der Waals surface area contributed by atoms with Crippen molar-refractivity contribution in [3.8, 4) is 17.2 Å². The van der Waals surface area contributed by atoms with Crippen molar-refractivity contribution >= 4 is 11.6 Å². The summed E-state index contributed by atoms with van der Waals surface area (Å²) in [5, 5.41) is 6.58. The van der Waals surface area contributed by atoms with Crippen molar-refractivity contribution in [3.63, 3.8) is 0 Å². The normalized spacial score (nSPS) is 11.1. The molecule has 2 rings (SSSR count). The quantitative estimate of drug-likeness (QED) is 0.340. The van der Waals surface area contributed by atoms with Crippen LogP contribution in [0.5, 0.6) is 17.2 Å². The molecule has 29 heavy (non-hydrogen) atoms. The van der Waals surface area contributed by atoms with Gasteiger partial charge in [-0.05, 0) is 36.8 Å². The molecular formula is C22H31N3O4. The lowest BCUT2D eigenvalue weighted by Gasteiger charge is -2.13. The summed E-state index contributed by atoms with van der Waals surface area (Å²) in [7, 11) is 4.94. The molecule has 0 aliphatic carbocycles. The Balaban J connectivity index is 2.04. The zero-order valence-corrected chi connectivity index (χ0v) is 17.7. The molecule has 0 fully saturated rings. The third kappa shape index (κ3) is 7.54. The molecule has 0 aliphatic heterocycles. The van der Waals surface area contributed by atoms with Crippen LogP contribution in [0.4, 0.5) is 5.69 Å². The van der Waals surface area contributed by atoms with Gasteiger partial charge >= 0.3 is 0 Å². The molecule has 0 aliphatic rings. The average Bonchev–Trinajstić information content (AvgIpc) is 2.75. The van der Waals surface area contributed by atoms with Crippen molar-refractivity contribution in [2.45, 2.75) is 19.9 Å². The smallest absolute Gasteiger partial charge is 0.196 e. The van der Waals surface area contributed by atoms with Gasteiger partial charge in [-0.1, -0.05) is 12.1 Å². The van der Waals surface area contributed by atoms with E-state index in [9.17, 15) is 0 Å². The van der Waals surface area contributed by atoms with Gasteiger partial charge in [-0.15, -0.1) is 0 Å². The van der Waals surface area contributed by atoms with E-state index in [4.69, 9.17) is 18.9 Å². The molecule has 0 saturated heterocycles. The minimum atomic E-state index is 0.503. The van der Waals surface area contributed by atoms with Crippen molar-refractivity contribution < 1.29 is 18.9 Å². The zero-order valence-electron chi connectivity index (χ0n) is 17.7. The second-order valence-electron chi connectivity index (χ2n) is 6.23. The summed E-state index contributed by atoms with van der Waals surface area (Å²) in [4.78, 5) is 4.67. The highest BCUT2D eigenvalue weighted by atomic mass is 16.5. The van der Waals surface area contributed by atoms with Gasteiger partial charge in [-0.2, -0.15) is 0 Å². The Kier molecular flexibility index (Phi) is 9.65. The van der Waals surface area contributed by atoms with Gasteiger partial charge < -0.3 is 29.6 Å². The number of nitrogens with one attached hydrogen (secondary N) is 2. The van der Waals surface area contributed by atoms with Crippen LogP contribution in [0.25, 0.3) is 0 Å². The predicted molar refractivity (Wildman–Crippen MR) is 116 cm³/mol. The summed E-state index contributed by atoms with van der Waals surface area (Å²) in [6.07, 6.45) is 0.851. The lowest BCUT2D eigenvalue weighted by molar-refractivity contribution is 0.172. The first-order chi connectivity index (χ1) is 14.2. The van der Waals surface area contributed by atoms with Crippen LogP contribution in [0.3, 0.4) is 0 Å². The van der Waals surface area contributed by atoms with Gasteiger partial charge in [0.2, 0.25) is 0 Å². The van der Waals surface area contributed by atoms with Crippen LogP contribution in [-0.4, -0.2) is 47.0 Å². The van der Waals surface area contributed by atoms with Crippen LogP contribution in [-0.2, 0) is 11.3 Å². The van der Waals surface area contributed by atoms with E-state index in [1.165, 1.54) is 0 Å². The van der Waals surface area contributed by atoms with Crippen LogP contribution >= 0.6 is 0 Å². The Morgan fingerprint density at radius 1 is 0.966 bits per heavy atom. The molecule has 0 bridgehead atoms. The highest BCUT2D eigenvalue weighted by Crippen LogP contribution is 2.27. The summed E-state index contributed by atoms with van der Waals surface area (Å²) in [5.41, 5.74) is 1.93. The highest BCUT2D eigenvalue weighted by Gasteiger charge is 2.05. The standard InChI is InChI=1S/C22H31N3O4/c1-5-23-22(24-16-17-10-11-20(27-3)21(14-17)28-4)25-18-8-6-9-19(15-18)29-13-7-12-26-2/h6,8-11,14-15H,5,7,12-13,16H2,1-4H3,(H2,23,24,25). The van der Waals surface area contributed by atoms with Gasteiger partial charge in [0.05, 0.1) is 27.4 Å². The Hall–Kier alpha value is -2.93. The molecular weight excluding hydrogens is 370 g/mol. The molecule has 0 aromatic heterocycles. The van der Waals surface area contributed by atoms with E-state index in [0.29, 0.717) is 37.2 Å². The number of hydrogen-bond donors (Lipinski definition) is 2. The Morgan fingerprint density at radius 2 is 1.79 bits per heavy atom. The first-order valence-electron chi connectivity index (χ1n) is 9.68. The lowest BCUT2D eigenvalue weighted by atomic mass is 10.2. The molecule has 0 spiro atoms. The van der Waals surface area contributed by atoms with E-state index in [1.807, 2.05) is 49.4 Å². The molecule has 2 N–H and O–H groups in total. The van der Waals surface area contributed by atoms with Crippen LogP contribution in [0.2, 0.25) is 0 Å². The zero-order chi connectivity index (χ0) is 20.9. The minimum Gasteiger partial charge on any atom is -0.493 e. The largest absolute Gasteiger partial charge is 0.493 e. The van der Waals surface area contributed by atoms with Crippen LogP contribution in [0, 0.1) is 0 Å². The minimum absolute atomic E-state index is 0.503. The molecule has 0 saturated carbocycles. The van der Waals surface area contributed by atoms with Crippen LogP contribution in [0.1, 0.15) is 18.9 Å². The Morgan fingerprint density at radius 3 is 2.52 bits per heavy atom. The highest BCUT2D eigenvalue weighted by molar-refractivity contribution is 5.93. The number of guanidine groups is 1. The maximum atomic E-state index is 5.76. The Bertz CT molecular complexity index is 780. The molecule has 7 nitrogen and oxygen atoms in total. The summed E-state index contributed by atoms with van der Waals surface area (Å²) < 4.78 is 21.4. The molecule has 0 amide bonds. The second-order valence-corrected chi connectivity index (χ2v) is 6.23. The molecule has 0 heterocycles. The first-order valence-corrected chi connectivity index (χ1v) is 9.68. The number of methoxy groups -OCH3 is 3. The number of anilines is 1. The third-order valence-corrected chi connectivity index (χ3v) is 4.07. The number of nitrogens with zero attached hydrogens (tertiary/aromatic N) is 1. The Labute approximate surface area is 173 Å². The average molecular weight is 402 g/mol. The fourth-order valence-corrected chi connectivity index (χ4v) is 2.65. The number of hydrogen-bond acceptors (Lipinski definition) is 5. The summed E-state index contributed by atoms with van der Waals surface area (Å²) in [6.45, 7) is 4.59. The molecule has 2 aromatic carbocycles. The molecule has 2 aromatic rings. The van der Waals surface area contributed by atoms with Crippen molar-refractivity contribution in [1.82, 2.24) is 5.32 Å². The molecule has 158 valence electrons. The first kappa shape index (κ1) is 22.4. The summed E-state index contributed by atoms with van der Waals surface area (Å²) in [6, 6.07) is 13.6. The fraction of sp³-hybridized carbons (Fsp3) is 0.409. The van der Waals surface area contributed by atoms with Gasteiger partial charge in [-0.25, -0.2) is 4.99 Å². The van der Waals surface area contributed by atoms with Gasteiger partial charge in [0.25, 0.3) is 0 Å². The van der Waals surface area contributed by atoms with Crippen molar-refractivity contribution in [2.75, 3.05) is 46.4 Å².